The number of aryl methyl sites for hydroxylation is 1. The first kappa shape index (κ1) is 18.3. The van der Waals surface area contributed by atoms with E-state index in [4.69, 9.17) is 0 Å². The van der Waals surface area contributed by atoms with Crippen molar-refractivity contribution in [2.45, 2.75) is 20.3 Å². The Hall–Kier alpha value is -1.66. The highest BCUT2D eigenvalue weighted by molar-refractivity contribution is 5.95. The molecule has 1 aromatic carbocycles. The van der Waals surface area contributed by atoms with Crippen LogP contribution in [0.2, 0.25) is 0 Å². The van der Waals surface area contributed by atoms with Crippen molar-refractivity contribution >= 4 is 24.0 Å². The molecule has 1 aromatic rings. The fraction of sp³-hybridized carbons (Fsp3) is 0.462. The van der Waals surface area contributed by atoms with E-state index in [1.165, 1.54) is 18.2 Å². The highest BCUT2D eigenvalue weighted by Gasteiger charge is 2.12. The summed E-state index contributed by atoms with van der Waals surface area (Å²) in [5.74, 6) is -0.203. The number of amides is 1. The van der Waals surface area contributed by atoms with Gasteiger partial charge in [-0.25, -0.2) is 0 Å². The number of halogens is 1. The van der Waals surface area contributed by atoms with Crippen molar-refractivity contribution in [3.8, 4) is 0 Å². The first-order valence-corrected chi connectivity index (χ1v) is 6.30. The van der Waals surface area contributed by atoms with Crippen LogP contribution < -0.4 is 10.6 Å². The van der Waals surface area contributed by atoms with Crippen LogP contribution in [0.1, 0.15) is 29.3 Å². The van der Waals surface area contributed by atoms with Crippen LogP contribution >= 0.6 is 12.4 Å². The second-order valence-electron chi connectivity index (χ2n) is 4.26. The number of benzene rings is 1. The van der Waals surface area contributed by atoms with E-state index in [0.29, 0.717) is 24.2 Å². The number of non-ortho nitro benzene ring substituents is 1. The number of hydrogen-bond donors (Lipinski definition) is 2. The minimum atomic E-state index is -0.469. The molecular weight excluding hydrogens is 282 g/mol. The van der Waals surface area contributed by atoms with Crippen LogP contribution in [0.3, 0.4) is 0 Å². The summed E-state index contributed by atoms with van der Waals surface area (Å²) in [6, 6.07) is 4.24. The maximum absolute atomic E-state index is 11.9. The Labute approximate surface area is 124 Å². The average Bonchev–Trinajstić information content (AvgIpc) is 2.38. The predicted octanol–water partition coefficient (Wildman–Crippen LogP) is 2.05. The third-order valence-electron chi connectivity index (χ3n) is 2.68. The van der Waals surface area contributed by atoms with Gasteiger partial charge in [0.05, 0.1) is 4.92 Å². The zero-order chi connectivity index (χ0) is 14.3. The number of nitrogens with one attached hydrogen (secondary N) is 2. The van der Waals surface area contributed by atoms with Gasteiger partial charge in [-0.1, -0.05) is 6.92 Å². The Kier molecular flexibility index (Phi) is 8.51. The zero-order valence-electron chi connectivity index (χ0n) is 11.6. The van der Waals surface area contributed by atoms with Gasteiger partial charge in [-0.15, -0.1) is 12.4 Å². The number of nitro groups is 1. The van der Waals surface area contributed by atoms with Crippen LogP contribution in [-0.4, -0.2) is 30.5 Å². The van der Waals surface area contributed by atoms with Gasteiger partial charge in [-0.2, -0.15) is 0 Å². The molecule has 6 nitrogen and oxygen atoms in total. The third-order valence-corrected chi connectivity index (χ3v) is 2.68. The Bertz CT molecular complexity index is 466. The molecule has 7 heteroatoms. The van der Waals surface area contributed by atoms with E-state index < -0.39 is 4.92 Å². The Morgan fingerprint density at radius 2 is 2.00 bits per heavy atom. The molecule has 20 heavy (non-hydrogen) atoms. The monoisotopic (exact) mass is 301 g/mol. The lowest BCUT2D eigenvalue weighted by Gasteiger charge is -2.08. The average molecular weight is 302 g/mol. The molecule has 112 valence electrons. The molecule has 0 unspecified atom stereocenters. The van der Waals surface area contributed by atoms with Gasteiger partial charge in [-0.3, -0.25) is 14.9 Å². The molecule has 0 aliphatic rings. The molecule has 0 aliphatic heterocycles. The van der Waals surface area contributed by atoms with Gasteiger partial charge in [0.15, 0.2) is 0 Å². The van der Waals surface area contributed by atoms with Crippen molar-refractivity contribution in [3.05, 3.63) is 39.4 Å². The molecular formula is C13H20ClN3O3. The van der Waals surface area contributed by atoms with Crippen LogP contribution in [0.4, 0.5) is 5.69 Å². The van der Waals surface area contributed by atoms with E-state index in [0.717, 1.165) is 13.0 Å². The molecule has 0 aromatic heterocycles. The van der Waals surface area contributed by atoms with Crippen molar-refractivity contribution in [2.24, 2.45) is 0 Å². The number of carbonyl (C=O) groups excluding carboxylic acids is 1. The highest BCUT2D eigenvalue weighted by Crippen LogP contribution is 2.16. The zero-order valence-corrected chi connectivity index (χ0v) is 12.5. The summed E-state index contributed by atoms with van der Waals surface area (Å²) in [7, 11) is 0. The summed E-state index contributed by atoms with van der Waals surface area (Å²) in [6.07, 6.45) is 1.05. The third kappa shape index (κ3) is 5.54. The molecule has 0 atom stereocenters. The number of nitrogens with zero attached hydrogens (tertiary/aromatic N) is 1. The van der Waals surface area contributed by atoms with Gasteiger partial charge >= 0.3 is 0 Å². The quantitative estimate of drug-likeness (QED) is 0.458. The normalized spacial score (nSPS) is 9.70. The smallest absolute Gasteiger partial charge is 0.269 e. The molecule has 1 amide bonds. The van der Waals surface area contributed by atoms with E-state index in [9.17, 15) is 14.9 Å². The van der Waals surface area contributed by atoms with E-state index in [1.54, 1.807) is 6.92 Å². The molecule has 1 rings (SSSR count). The minimum Gasteiger partial charge on any atom is -0.351 e. The number of carbonyl (C=O) groups is 1. The van der Waals surface area contributed by atoms with Crippen molar-refractivity contribution in [3.63, 3.8) is 0 Å². The summed E-state index contributed by atoms with van der Waals surface area (Å²) >= 11 is 0. The van der Waals surface area contributed by atoms with Crippen LogP contribution in [0, 0.1) is 17.0 Å². The van der Waals surface area contributed by atoms with E-state index in [1.807, 2.05) is 0 Å². The molecule has 2 N–H and O–H groups in total. The molecule has 0 aliphatic carbocycles. The van der Waals surface area contributed by atoms with Crippen molar-refractivity contribution in [1.82, 2.24) is 10.6 Å². The van der Waals surface area contributed by atoms with E-state index in [-0.39, 0.29) is 24.0 Å². The van der Waals surface area contributed by atoms with Crippen molar-refractivity contribution in [2.75, 3.05) is 19.6 Å². The lowest BCUT2D eigenvalue weighted by molar-refractivity contribution is -0.384. The lowest BCUT2D eigenvalue weighted by atomic mass is 10.1. The second-order valence-corrected chi connectivity index (χ2v) is 4.26. The van der Waals surface area contributed by atoms with Crippen molar-refractivity contribution in [1.29, 1.82) is 0 Å². The molecule has 0 heterocycles. The minimum absolute atomic E-state index is 0. The van der Waals surface area contributed by atoms with Crippen LogP contribution in [-0.2, 0) is 0 Å². The Morgan fingerprint density at radius 3 is 2.55 bits per heavy atom. The standard InChI is InChI=1S/C13H19N3O3.ClH/c1-3-6-14-7-8-15-13(17)12-5-4-11(16(18)19)9-10(12)2;/h4-5,9,14H,3,6-8H2,1-2H3,(H,15,17);1H. The van der Waals surface area contributed by atoms with E-state index >= 15 is 0 Å². The maximum atomic E-state index is 11.9. The highest BCUT2D eigenvalue weighted by atomic mass is 35.5. The second kappa shape index (κ2) is 9.28. The molecule has 0 bridgehead atoms. The molecule has 0 spiro atoms. The van der Waals surface area contributed by atoms with Crippen LogP contribution in [0.25, 0.3) is 0 Å². The van der Waals surface area contributed by atoms with Crippen LogP contribution in [0.5, 0.6) is 0 Å². The van der Waals surface area contributed by atoms with Gasteiger partial charge < -0.3 is 10.6 Å². The fourth-order valence-electron chi connectivity index (χ4n) is 1.68. The number of hydrogen-bond acceptors (Lipinski definition) is 4. The number of rotatable bonds is 7. The first-order valence-electron chi connectivity index (χ1n) is 6.30. The fourth-order valence-corrected chi connectivity index (χ4v) is 1.68. The summed E-state index contributed by atoms with van der Waals surface area (Å²) in [4.78, 5) is 22.0. The summed E-state index contributed by atoms with van der Waals surface area (Å²) in [6.45, 7) is 5.94. The number of nitro benzene ring substituents is 1. The molecule has 0 radical (unpaired) electrons. The Balaban J connectivity index is 0.00000361. The van der Waals surface area contributed by atoms with Gasteiger partial charge in [0.2, 0.25) is 0 Å². The van der Waals surface area contributed by atoms with Crippen molar-refractivity contribution < 1.29 is 9.72 Å². The Morgan fingerprint density at radius 1 is 1.30 bits per heavy atom. The van der Waals surface area contributed by atoms with Gasteiger partial charge in [0, 0.05) is 30.8 Å². The lowest BCUT2D eigenvalue weighted by Crippen LogP contribution is -2.32. The topological polar surface area (TPSA) is 84.3 Å². The maximum Gasteiger partial charge on any atom is 0.269 e. The SMILES string of the molecule is CCCNCCNC(=O)c1ccc([N+](=O)[O-])cc1C.Cl. The molecule has 0 fully saturated rings. The van der Waals surface area contributed by atoms with E-state index in [2.05, 4.69) is 17.6 Å². The summed E-state index contributed by atoms with van der Waals surface area (Å²) in [5, 5.41) is 16.6. The largest absolute Gasteiger partial charge is 0.351 e. The van der Waals surface area contributed by atoms with Gasteiger partial charge in [-0.05, 0) is 31.5 Å². The summed E-state index contributed by atoms with van der Waals surface area (Å²) < 4.78 is 0. The summed E-state index contributed by atoms with van der Waals surface area (Å²) in [5.41, 5.74) is 1.08. The molecule has 0 saturated carbocycles. The predicted molar refractivity (Wildman–Crippen MR) is 80.6 cm³/mol. The van der Waals surface area contributed by atoms with Gasteiger partial charge in [0.1, 0.15) is 0 Å². The first-order chi connectivity index (χ1) is 9.06. The molecule has 0 saturated heterocycles. The van der Waals surface area contributed by atoms with Crippen LogP contribution in [0.15, 0.2) is 18.2 Å². The van der Waals surface area contributed by atoms with Gasteiger partial charge in [0.25, 0.3) is 11.6 Å².